The zero-order valence-corrected chi connectivity index (χ0v) is 16.9. The molecule has 28 heavy (non-hydrogen) atoms. The molecule has 2 aromatic rings. The van der Waals surface area contributed by atoms with E-state index in [4.69, 9.17) is 21.8 Å². The van der Waals surface area contributed by atoms with Crippen molar-refractivity contribution in [3.05, 3.63) is 64.7 Å². The van der Waals surface area contributed by atoms with E-state index < -0.39 is 0 Å². The summed E-state index contributed by atoms with van der Waals surface area (Å²) in [6, 6.07) is 14.0. The van der Waals surface area contributed by atoms with Crippen molar-refractivity contribution in [1.82, 2.24) is 4.90 Å². The maximum absolute atomic E-state index is 12.4. The molecule has 0 atom stereocenters. The van der Waals surface area contributed by atoms with Crippen LogP contribution in [0.25, 0.3) is 0 Å². The third kappa shape index (κ3) is 7.16. The summed E-state index contributed by atoms with van der Waals surface area (Å²) in [4.78, 5) is 25.8. The van der Waals surface area contributed by atoms with Gasteiger partial charge in [0.15, 0.2) is 0 Å². The molecule has 0 saturated heterocycles. The molecule has 150 valence electrons. The van der Waals surface area contributed by atoms with Gasteiger partial charge in [0.05, 0.1) is 19.0 Å². The monoisotopic (exact) mass is 422 g/mol. The van der Waals surface area contributed by atoms with Crippen LogP contribution in [0.15, 0.2) is 48.5 Å². The van der Waals surface area contributed by atoms with Crippen molar-refractivity contribution >= 4 is 40.9 Å². The summed E-state index contributed by atoms with van der Waals surface area (Å²) < 4.78 is 0. The number of nitrogens with zero attached hydrogens (tertiary/aromatic N) is 1. The molecule has 0 bridgehead atoms. The number of aliphatic hydroxyl groups excluding tert-OH is 2. The fourth-order valence-corrected chi connectivity index (χ4v) is 3.39. The van der Waals surface area contributed by atoms with E-state index in [9.17, 15) is 9.59 Å². The second kappa shape index (κ2) is 11.7. The van der Waals surface area contributed by atoms with Crippen LogP contribution in [0, 0.1) is 0 Å². The number of halogens is 1. The summed E-state index contributed by atoms with van der Waals surface area (Å²) in [7, 11) is 0. The Labute approximate surface area is 173 Å². The maximum atomic E-state index is 12.4. The smallest absolute Gasteiger partial charge is 0.254 e. The Kier molecular flexibility index (Phi) is 9.30. The molecule has 0 spiro atoms. The molecule has 6 nitrogen and oxygen atoms in total. The molecule has 0 saturated carbocycles. The van der Waals surface area contributed by atoms with E-state index >= 15 is 0 Å². The summed E-state index contributed by atoms with van der Waals surface area (Å²) in [5, 5.41) is 21.5. The lowest BCUT2D eigenvalue weighted by Gasteiger charge is -2.20. The van der Waals surface area contributed by atoms with E-state index in [1.807, 2.05) is 12.1 Å². The third-order valence-electron chi connectivity index (χ3n) is 3.86. The fraction of sp³-hybridized carbons (Fsp3) is 0.300. The predicted molar refractivity (Wildman–Crippen MR) is 113 cm³/mol. The van der Waals surface area contributed by atoms with Crippen molar-refractivity contribution in [2.45, 2.75) is 5.75 Å². The van der Waals surface area contributed by atoms with Gasteiger partial charge in [-0.15, -0.1) is 11.8 Å². The minimum Gasteiger partial charge on any atom is -0.395 e. The van der Waals surface area contributed by atoms with E-state index in [0.29, 0.717) is 27.8 Å². The lowest BCUT2D eigenvalue weighted by molar-refractivity contribution is -0.113. The summed E-state index contributed by atoms with van der Waals surface area (Å²) in [6.45, 7) is 0.0521. The number of amides is 2. The van der Waals surface area contributed by atoms with Crippen LogP contribution in [-0.2, 0) is 10.5 Å². The van der Waals surface area contributed by atoms with Gasteiger partial charge in [-0.05, 0) is 42.0 Å². The average Bonchev–Trinajstić information content (AvgIpc) is 2.69. The highest BCUT2D eigenvalue weighted by molar-refractivity contribution is 7.99. The van der Waals surface area contributed by atoms with Gasteiger partial charge >= 0.3 is 0 Å². The van der Waals surface area contributed by atoms with E-state index in [-0.39, 0.29) is 38.1 Å². The van der Waals surface area contributed by atoms with Gasteiger partial charge in [-0.2, -0.15) is 0 Å². The van der Waals surface area contributed by atoms with Gasteiger partial charge in [0.25, 0.3) is 5.91 Å². The average molecular weight is 423 g/mol. The van der Waals surface area contributed by atoms with Gasteiger partial charge < -0.3 is 20.4 Å². The molecular weight excluding hydrogens is 400 g/mol. The van der Waals surface area contributed by atoms with Crippen LogP contribution in [0.5, 0.6) is 0 Å². The van der Waals surface area contributed by atoms with Crippen molar-refractivity contribution in [1.29, 1.82) is 0 Å². The summed E-state index contributed by atoms with van der Waals surface area (Å²) >= 11 is 7.29. The number of carbonyl (C=O) groups is 2. The topological polar surface area (TPSA) is 89.9 Å². The Morgan fingerprint density at radius 2 is 1.57 bits per heavy atom. The van der Waals surface area contributed by atoms with Gasteiger partial charge in [0.1, 0.15) is 0 Å². The highest BCUT2D eigenvalue weighted by atomic mass is 35.5. The van der Waals surface area contributed by atoms with Crippen molar-refractivity contribution in [3.8, 4) is 0 Å². The number of benzene rings is 2. The van der Waals surface area contributed by atoms with E-state index in [1.165, 1.54) is 16.7 Å². The first-order valence-electron chi connectivity index (χ1n) is 8.76. The molecule has 0 heterocycles. The Morgan fingerprint density at radius 3 is 2.14 bits per heavy atom. The first-order valence-corrected chi connectivity index (χ1v) is 10.3. The highest BCUT2D eigenvalue weighted by Gasteiger charge is 2.14. The standard InChI is InChI=1S/C20H23ClN2O4S/c21-17-5-7-18(8-6-17)22-19(26)14-28-13-15-1-3-16(4-2-15)20(27)23(9-11-24)10-12-25/h1-8,24-25H,9-14H2,(H,22,26). The van der Waals surface area contributed by atoms with Crippen LogP contribution >= 0.6 is 23.4 Å². The number of thioether (sulfide) groups is 1. The first-order chi connectivity index (χ1) is 13.5. The lowest BCUT2D eigenvalue weighted by Crippen LogP contribution is -2.35. The molecule has 0 aliphatic rings. The number of anilines is 1. The molecule has 0 radical (unpaired) electrons. The normalized spacial score (nSPS) is 10.5. The maximum Gasteiger partial charge on any atom is 0.254 e. The molecule has 2 amide bonds. The molecule has 0 aliphatic heterocycles. The van der Waals surface area contributed by atoms with Gasteiger partial charge in [0, 0.05) is 35.1 Å². The Bertz CT molecular complexity index is 763. The molecule has 0 unspecified atom stereocenters. The molecule has 3 N–H and O–H groups in total. The van der Waals surface area contributed by atoms with Crippen LogP contribution < -0.4 is 5.32 Å². The zero-order valence-electron chi connectivity index (χ0n) is 15.3. The SMILES string of the molecule is O=C(CSCc1ccc(C(=O)N(CCO)CCO)cc1)Nc1ccc(Cl)cc1. The third-order valence-corrected chi connectivity index (χ3v) is 5.11. The van der Waals surface area contributed by atoms with Crippen LogP contribution in [0.1, 0.15) is 15.9 Å². The van der Waals surface area contributed by atoms with Gasteiger partial charge in [-0.3, -0.25) is 9.59 Å². The van der Waals surface area contributed by atoms with Crippen LogP contribution in [0.4, 0.5) is 5.69 Å². The van der Waals surface area contributed by atoms with E-state index in [2.05, 4.69) is 5.32 Å². The fourth-order valence-electron chi connectivity index (χ4n) is 2.47. The highest BCUT2D eigenvalue weighted by Crippen LogP contribution is 2.16. The number of nitrogens with one attached hydrogen (secondary N) is 1. The molecule has 0 fully saturated rings. The largest absolute Gasteiger partial charge is 0.395 e. The van der Waals surface area contributed by atoms with Crippen LogP contribution in [0.2, 0.25) is 5.02 Å². The predicted octanol–water partition coefficient (Wildman–Crippen LogP) is 2.64. The second-order valence-electron chi connectivity index (χ2n) is 5.98. The number of hydrogen-bond donors (Lipinski definition) is 3. The Hall–Kier alpha value is -2.06. The molecule has 2 rings (SSSR count). The number of rotatable bonds is 10. The molecule has 2 aromatic carbocycles. The molecule has 0 aromatic heterocycles. The number of carbonyl (C=O) groups excluding carboxylic acids is 2. The van der Waals surface area contributed by atoms with Crippen LogP contribution in [-0.4, -0.2) is 59.0 Å². The van der Waals surface area contributed by atoms with Crippen molar-refractivity contribution < 1.29 is 19.8 Å². The van der Waals surface area contributed by atoms with E-state index in [1.54, 1.807) is 36.4 Å². The van der Waals surface area contributed by atoms with Crippen LogP contribution in [0.3, 0.4) is 0 Å². The second-order valence-corrected chi connectivity index (χ2v) is 7.41. The summed E-state index contributed by atoms with van der Waals surface area (Å²) in [5.41, 5.74) is 2.20. The van der Waals surface area contributed by atoms with Crippen molar-refractivity contribution in [2.24, 2.45) is 0 Å². The number of hydrogen-bond acceptors (Lipinski definition) is 5. The Morgan fingerprint density at radius 1 is 0.964 bits per heavy atom. The van der Waals surface area contributed by atoms with Gasteiger partial charge in [-0.1, -0.05) is 23.7 Å². The van der Waals surface area contributed by atoms with E-state index in [0.717, 1.165) is 5.56 Å². The summed E-state index contributed by atoms with van der Waals surface area (Å²) in [6.07, 6.45) is 0. The quantitative estimate of drug-likeness (QED) is 0.547. The minimum absolute atomic E-state index is 0.0947. The molecule has 8 heteroatoms. The minimum atomic E-state index is -0.232. The van der Waals surface area contributed by atoms with Crippen molar-refractivity contribution in [2.75, 3.05) is 37.4 Å². The number of aliphatic hydroxyl groups is 2. The zero-order chi connectivity index (χ0) is 20.4. The lowest BCUT2D eigenvalue weighted by atomic mass is 10.1. The molecule has 0 aliphatic carbocycles. The Balaban J connectivity index is 1.81. The summed E-state index contributed by atoms with van der Waals surface area (Å²) in [5.74, 6) is 0.622. The van der Waals surface area contributed by atoms with Gasteiger partial charge in [-0.25, -0.2) is 0 Å². The molecular formula is C20H23ClN2O4S. The first kappa shape index (κ1) is 22.2. The van der Waals surface area contributed by atoms with Crippen molar-refractivity contribution in [3.63, 3.8) is 0 Å². The van der Waals surface area contributed by atoms with Gasteiger partial charge in [0.2, 0.25) is 5.91 Å².